The molecule has 0 saturated heterocycles. The first kappa shape index (κ1) is 18.2. The molecule has 130 valence electrons. The number of rotatable bonds is 4. The van der Waals surface area contributed by atoms with Crippen molar-refractivity contribution in [2.45, 2.75) is 0 Å². The maximum atomic E-state index is 12.0. The van der Waals surface area contributed by atoms with Gasteiger partial charge >= 0.3 is 6.03 Å². The minimum atomic E-state index is -0.491. The Labute approximate surface area is 149 Å². The summed E-state index contributed by atoms with van der Waals surface area (Å²) in [4.78, 5) is 26.5. The molecule has 2 amide bonds. The number of hydrogen-bond acceptors (Lipinski definition) is 5. The van der Waals surface area contributed by atoms with Gasteiger partial charge < -0.3 is 16.0 Å². The number of nitrogens with zero attached hydrogens (tertiary/aromatic N) is 2. The summed E-state index contributed by atoms with van der Waals surface area (Å²) in [6, 6.07) is 12.5. The van der Waals surface area contributed by atoms with Gasteiger partial charge in [-0.05, 0) is 24.3 Å². The van der Waals surface area contributed by atoms with Crippen molar-refractivity contribution in [1.29, 1.82) is 0 Å². The number of benzene rings is 2. The van der Waals surface area contributed by atoms with Gasteiger partial charge in [-0.25, -0.2) is 4.79 Å². The van der Waals surface area contributed by atoms with Gasteiger partial charge in [0.05, 0.1) is 11.5 Å². The van der Waals surface area contributed by atoms with Crippen LogP contribution in [0.5, 0.6) is 0 Å². The zero-order chi connectivity index (χ0) is 16.9. The molecule has 1 heterocycles. The highest BCUT2D eigenvalue weighted by atomic mass is 35.5. The number of carbonyl (C=O) groups excluding carboxylic acids is 1. The number of aliphatic imine (C=N–C) groups is 1. The SMILES string of the molecule is Cl.O=C(Nc1ccc([N+](=O)[O-])cc1)Nc1cccc(C2=NCCN2)c1. The quantitative estimate of drug-likeness (QED) is 0.574. The second-order valence-corrected chi connectivity index (χ2v) is 5.12. The van der Waals surface area contributed by atoms with E-state index < -0.39 is 11.0 Å². The highest BCUT2D eigenvalue weighted by Crippen LogP contribution is 2.16. The van der Waals surface area contributed by atoms with Gasteiger partial charge in [0, 0.05) is 35.6 Å². The minimum Gasteiger partial charge on any atom is -0.368 e. The maximum Gasteiger partial charge on any atom is 0.323 e. The van der Waals surface area contributed by atoms with Crippen LogP contribution < -0.4 is 16.0 Å². The molecule has 25 heavy (non-hydrogen) atoms. The lowest BCUT2D eigenvalue weighted by Crippen LogP contribution is -2.21. The van der Waals surface area contributed by atoms with Crippen LogP contribution in [0.3, 0.4) is 0 Å². The van der Waals surface area contributed by atoms with Crippen LogP contribution >= 0.6 is 12.4 Å². The average molecular weight is 362 g/mol. The zero-order valence-electron chi connectivity index (χ0n) is 13.1. The van der Waals surface area contributed by atoms with E-state index in [0.29, 0.717) is 11.4 Å². The Kier molecular flexibility index (Phi) is 5.91. The summed E-state index contributed by atoms with van der Waals surface area (Å²) >= 11 is 0. The molecule has 3 rings (SSSR count). The first-order valence-corrected chi connectivity index (χ1v) is 7.33. The van der Waals surface area contributed by atoms with Crippen LogP contribution in [0.4, 0.5) is 21.9 Å². The van der Waals surface area contributed by atoms with Crippen LogP contribution in [0.25, 0.3) is 0 Å². The van der Waals surface area contributed by atoms with Crippen LogP contribution in [-0.2, 0) is 0 Å². The van der Waals surface area contributed by atoms with E-state index >= 15 is 0 Å². The van der Waals surface area contributed by atoms with Crippen LogP contribution in [0.2, 0.25) is 0 Å². The number of halogens is 1. The summed E-state index contributed by atoms with van der Waals surface area (Å²) in [6.45, 7) is 1.56. The molecule has 9 heteroatoms. The van der Waals surface area contributed by atoms with Crippen molar-refractivity contribution in [2.75, 3.05) is 23.7 Å². The Morgan fingerprint density at radius 1 is 1.12 bits per heavy atom. The largest absolute Gasteiger partial charge is 0.368 e. The highest BCUT2D eigenvalue weighted by molar-refractivity contribution is 6.03. The molecule has 0 atom stereocenters. The third-order valence-electron chi connectivity index (χ3n) is 3.40. The first-order chi connectivity index (χ1) is 11.6. The summed E-state index contributed by atoms with van der Waals surface area (Å²) in [5.41, 5.74) is 1.97. The van der Waals surface area contributed by atoms with Crippen molar-refractivity contribution in [2.24, 2.45) is 4.99 Å². The molecule has 0 bridgehead atoms. The number of urea groups is 1. The van der Waals surface area contributed by atoms with E-state index in [0.717, 1.165) is 24.5 Å². The number of amidine groups is 1. The van der Waals surface area contributed by atoms with Crippen LogP contribution in [-0.4, -0.2) is 29.9 Å². The lowest BCUT2D eigenvalue weighted by molar-refractivity contribution is -0.384. The molecule has 0 unspecified atom stereocenters. The molecule has 0 aromatic heterocycles. The predicted octanol–water partition coefficient (Wildman–Crippen LogP) is 3.01. The highest BCUT2D eigenvalue weighted by Gasteiger charge is 2.10. The van der Waals surface area contributed by atoms with Crippen molar-refractivity contribution in [3.8, 4) is 0 Å². The molecule has 0 saturated carbocycles. The van der Waals surface area contributed by atoms with Gasteiger partial charge in [0.1, 0.15) is 5.84 Å². The van der Waals surface area contributed by atoms with E-state index in [-0.39, 0.29) is 18.1 Å². The van der Waals surface area contributed by atoms with Crippen molar-refractivity contribution in [3.05, 3.63) is 64.2 Å². The van der Waals surface area contributed by atoms with Gasteiger partial charge in [-0.3, -0.25) is 15.1 Å². The van der Waals surface area contributed by atoms with Gasteiger partial charge in [0.2, 0.25) is 0 Å². The summed E-state index contributed by atoms with van der Waals surface area (Å²) in [7, 11) is 0. The Bertz CT molecular complexity index is 808. The lowest BCUT2D eigenvalue weighted by atomic mass is 10.2. The first-order valence-electron chi connectivity index (χ1n) is 7.33. The van der Waals surface area contributed by atoms with Crippen molar-refractivity contribution in [1.82, 2.24) is 5.32 Å². The summed E-state index contributed by atoms with van der Waals surface area (Å²) in [6.07, 6.45) is 0. The summed E-state index contributed by atoms with van der Waals surface area (Å²) < 4.78 is 0. The number of nitro benzene ring substituents is 1. The topological polar surface area (TPSA) is 109 Å². The molecule has 0 fully saturated rings. The molecule has 0 aliphatic carbocycles. The average Bonchev–Trinajstić information content (AvgIpc) is 3.10. The van der Waals surface area contributed by atoms with E-state index in [1.54, 1.807) is 6.07 Å². The van der Waals surface area contributed by atoms with Crippen LogP contribution in [0, 0.1) is 10.1 Å². The Balaban J connectivity index is 0.00000225. The standard InChI is InChI=1S/C16H15N5O3.ClH/c22-16(19-12-4-6-14(7-5-12)21(23)24)20-13-3-1-2-11(10-13)15-17-8-9-18-15;/h1-7,10H,8-9H2,(H,17,18)(H2,19,20,22);1H. The number of nitrogens with one attached hydrogen (secondary N) is 3. The minimum absolute atomic E-state index is 0. The van der Waals surface area contributed by atoms with Crippen molar-refractivity contribution < 1.29 is 9.72 Å². The summed E-state index contributed by atoms with van der Waals surface area (Å²) in [5.74, 6) is 0.814. The van der Waals surface area contributed by atoms with Gasteiger partial charge in [0.25, 0.3) is 5.69 Å². The number of nitro groups is 1. The van der Waals surface area contributed by atoms with E-state index in [9.17, 15) is 14.9 Å². The molecule has 3 N–H and O–H groups in total. The molecule has 1 aliphatic rings. The zero-order valence-corrected chi connectivity index (χ0v) is 13.9. The van der Waals surface area contributed by atoms with Gasteiger partial charge in [-0.15, -0.1) is 12.4 Å². The number of anilines is 2. The lowest BCUT2D eigenvalue weighted by Gasteiger charge is -2.09. The van der Waals surface area contributed by atoms with Gasteiger partial charge in [-0.1, -0.05) is 12.1 Å². The molecule has 2 aromatic rings. The third kappa shape index (κ3) is 4.67. The number of hydrogen-bond donors (Lipinski definition) is 3. The molecular formula is C16H16ClN5O3. The van der Waals surface area contributed by atoms with Crippen molar-refractivity contribution >= 4 is 41.3 Å². The Hall–Kier alpha value is -3.13. The summed E-state index contributed by atoms with van der Waals surface area (Å²) in [5, 5.41) is 19.1. The fourth-order valence-corrected chi connectivity index (χ4v) is 2.30. The second kappa shape index (κ2) is 8.11. The molecule has 2 aromatic carbocycles. The normalized spacial score (nSPS) is 12.4. The fourth-order valence-electron chi connectivity index (χ4n) is 2.30. The third-order valence-corrected chi connectivity index (χ3v) is 3.40. The van der Waals surface area contributed by atoms with E-state index in [2.05, 4.69) is 20.9 Å². The number of amides is 2. The molecule has 0 spiro atoms. The van der Waals surface area contributed by atoms with E-state index in [4.69, 9.17) is 0 Å². The van der Waals surface area contributed by atoms with Gasteiger partial charge in [0.15, 0.2) is 0 Å². The Morgan fingerprint density at radius 2 is 1.84 bits per heavy atom. The molecular weight excluding hydrogens is 346 g/mol. The van der Waals surface area contributed by atoms with Crippen LogP contribution in [0.15, 0.2) is 53.5 Å². The van der Waals surface area contributed by atoms with Gasteiger partial charge in [-0.2, -0.15) is 0 Å². The van der Waals surface area contributed by atoms with Crippen LogP contribution in [0.1, 0.15) is 5.56 Å². The molecule has 0 radical (unpaired) electrons. The maximum absolute atomic E-state index is 12.0. The fraction of sp³-hybridized carbons (Fsp3) is 0.125. The molecule has 8 nitrogen and oxygen atoms in total. The number of carbonyl (C=O) groups is 1. The second-order valence-electron chi connectivity index (χ2n) is 5.12. The predicted molar refractivity (Wildman–Crippen MR) is 98.8 cm³/mol. The monoisotopic (exact) mass is 361 g/mol. The molecule has 1 aliphatic heterocycles. The smallest absolute Gasteiger partial charge is 0.323 e. The van der Waals surface area contributed by atoms with E-state index in [1.165, 1.54) is 24.3 Å². The van der Waals surface area contributed by atoms with Crippen molar-refractivity contribution in [3.63, 3.8) is 0 Å². The Morgan fingerprint density at radius 3 is 2.48 bits per heavy atom. The number of non-ortho nitro benzene ring substituents is 1. The van der Waals surface area contributed by atoms with E-state index in [1.807, 2.05) is 18.2 Å².